The molecule has 27 heavy (non-hydrogen) atoms. The smallest absolute Gasteiger partial charge is 0.337 e. The van der Waals surface area contributed by atoms with Crippen molar-refractivity contribution in [2.75, 3.05) is 0 Å². The van der Waals surface area contributed by atoms with E-state index >= 15 is 0 Å². The van der Waals surface area contributed by atoms with Gasteiger partial charge in [-0.15, -0.1) is 0 Å². The van der Waals surface area contributed by atoms with Gasteiger partial charge in [-0.25, -0.2) is 31.9 Å². The summed E-state index contributed by atoms with van der Waals surface area (Å²) in [7, 11) is 0. The lowest BCUT2D eigenvalue weighted by molar-refractivity contribution is 0.0628. The van der Waals surface area contributed by atoms with Crippen molar-refractivity contribution >= 4 is 35.6 Å². The summed E-state index contributed by atoms with van der Waals surface area (Å²) < 4.78 is 0. The Morgan fingerprint density at radius 3 is 0.852 bits per heavy atom. The summed E-state index contributed by atoms with van der Waals surface area (Å²) in [5, 5.41) is 28.0. The third kappa shape index (κ3) is 3.49. The lowest BCUT2D eigenvalue weighted by Gasteiger charge is -2.19. The molecule has 0 aromatic heterocycles. The normalized spacial score (nSPS) is 9.89. The number of carbonyl (C=O) groups excluding carboxylic acids is 3. The first-order valence-electron chi connectivity index (χ1n) is 6.51. The van der Waals surface area contributed by atoms with E-state index in [0.29, 0.717) is 0 Å². The number of amides is 3. The highest BCUT2D eigenvalue weighted by atomic mass is 16.4. The Hall–Kier alpha value is -4.08. The minimum absolute atomic E-state index is 1.16. The van der Waals surface area contributed by atoms with Gasteiger partial charge in [0.25, 0.3) is 17.7 Å². The first-order valence-corrected chi connectivity index (χ1v) is 6.51. The fourth-order valence-electron chi connectivity index (χ4n) is 2.29. The van der Waals surface area contributed by atoms with E-state index in [1.54, 1.807) is 0 Å². The highest BCUT2D eigenvalue weighted by molar-refractivity contribution is 6.25. The molecule has 1 aromatic rings. The molecule has 0 saturated heterocycles. The minimum Gasteiger partial charge on any atom is -0.478 e. The number of hydrazine groups is 3. The number of hydrogen-bond donors (Lipinski definition) is 9. The van der Waals surface area contributed by atoms with E-state index in [4.69, 9.17) is 17.5 Å². The zero-order chi connectivity index (χ0) is 21.0. The summed E-state index contributed by atoms with van der Waals surface area (Å²) in [6.45, 7) is 0. The molecule has 0 heterocycles. The third-order valence-corrected chi connectivity index (χ3v) is 3.22. The van der Waals surface area contributed by atoms with E-state index in [2.05, 4.69) is 0 Å². The molecule has 0 aliphatic carbocycles. The van der Waals surface area contributed by atoms with Crippen molar-refractivity contribution < 1.29 is 44.1 Å². The molecule has 0 radical (unpaired) electrons. The van der Waals surface area contributed by atoms with E-state index in [9.17, 15) is 44.1 Å². The summed E-state index contributed by atoms with van der Waals surface area (Å²) in [5.74, 6) is 3.94. The lowest BCUT2D eigenvalue weighted by Crippen LogP contribution is -2.41. The molecule has 0 aliphatic heterocycles. The van der Waals surface area contributed by atoms with Crippen molar-refractivity contribution in [2.45, 2.75) is 0 Å². The van der Waals surface area contributed by atoms with Crippen LogP contribution in [0.25, 0.3) is 0 Å². The highest BCUT2D eigenvalue weighted by Gasteiger charge is 2.40. The Bertz CT molecular complexity index is 839. The molecule has 144 valence electrons. The van der Waals surface area contributed by atoms with Crippen LogP contribution in [-0.2, 0) is 0 Å². The van der Waals surface area contributed by atoms with Gasteiger partial charge in [0.05, 0.1) is 33.4 Å². The van der Waals surface area contributed by atoms with Crippen molar-refractivity contribution in [1.82, 2.24) is 16.3 Å². The van der Waals surface area contributed by atoms with E-state index < -0.39 is 69.0 Å². The minimum atomic E-state index is -2.12. The van der Waals surface area contributed by atoms with Gasteiger partial charge >= 0.3 is 17.9 Å². The molecule has 12 N–H and O–H groups in total. The summed E-state index contributed by atoms with van der Waals surface area (Å²) in [6, 6.07) is 0. The van der Waals surface area contributed by atoms with E-state index in [0.717, 1.165) is 0 Å². The van der Waals surface area contributed by atoms with Crippen LogP contribution in [0.4, 0.5) is 0 Å². The molecule has 0 aliphatic rings. The maximum Gasteiger partial charge on any atom is 0.337 e. The number of carboxylic acids is 3. The molecule has 1 rings (SSSR count). The van der Waals surface area contributed by atoms with E-state index in [1.165, 1.54) is 16.3 Å². The molecule has 0 bridgehead atoms. The number of hydrogen-bond acceptors (Lipinski definition) is 9. The van der Waals surface area contributed by atoms with Gasteiger partial charge < -0.3 is 15.3 Å². The Balaban J connectivity index is 4.53. The zero-order valence-electron chi connectivity index (χ0n) is 13.0. The van der Waals surface area contributed by atoms with Crippen LogP contribution >= 0.6 is 0 Å². The van der Waals surface area contributed by atoms with Gasteiger partial charge in [0.2, 0.25) is 0 Å². The van der Waals surface area contributed by atoms with Gasteiger partial charge in [-0.2, -0.15) is 0 Å². The summed E-state index contributed by atoms with van der Waals surface area (Å²) in [6.07, 6.45) is 0. The number of carbonyl (C=O) groups is 6. The number of rotatable bonds is 6. The number of nitrogen functional groups attached to an aromatic ring is 3. The number of nitrogens with two attached hydrogens (primary N) is 3. The predicted octanol–water partition coefficient (Wildman–Crippen LogP) is -3.41. The van der Waals surface area contributed by atoms with Gasteiger partial charge in [-0.1, -0.05) is 0 Å². The quantitative estimate of drug-likeness (QED) is 0.132. The average Bonchev–Trinajstić information content (AvgIpc) is 2.62. The molecule has 0 unspecified atom stereocenters. The second-order valence-electron chi connectivity index (χ2n) is 4.59. The number of nitrogens with one attached hydrogen (secondary N) is 3. The Morgan fingerprint density at radius 2 is 0.667 bits per heavy atom. The molecular formula is C12H12N6O9. The SMILES string of the molecule is NNC(=O)c1c(C(=O)O)c(C(=O)O)c(C(=O)O)c(C(=O)NN)c1C(=O)NN. The first-order chi connectivity index (χ1) is 12.5. The standard InChI is InChI=1S/C12H12N6O9/c13-16-7(19)1-2(8(20)17-14)4(10(22)23)6(12(26)27)5(11(24)25)3(1)9(21)18-15/h13-15H2,(H,16,19)(H,17,20)(H,18,21)(H,22,23)(H,24,25)(H,26,27). The van der Waals surface area contributed by atoms with Gasteiger partial charge in [0.1, 0.15) is 0 Å². The monoisotopic (exact) mass is 384 g/mol. The molecular weight excluding hydrogens is 372 g/mol. The molecule has 0 fully saturated rings. The van der Waals surface area contributed by atoms with Crippen LogP contribution in [0.2, 0.25) is 0 Å². The lowest BCUT2D eigenvalue weighted by atomic mass is 9.85. The molecule has 3 amide bonds. The fourth-order valence-corrected chi connectivity index (χ4v) is 2.29. The molecule has 1 aromatic carbocycles. The summed E-state index contributed by atoms with van der Waals surface area (Å²) >= 11 is 0. The van der Waals surface area contributed by atoms with Crippen LogP contribution in [-0.4, -0.2) is 50.9 Å². The number of carboxylic acid groups (broad SMARTS) is 3. The maximum absolute atomic E-state index is 12.1. The van der Waals surface area contributed by atoms with Crippen LogP contribution in [0.3, 0.4) is 0 Å². The average molecular weight is 384 g/mol. The molecule has 15 heteroatoms. The fraction of sp³-hybridized carbons (Fsp3) is 0. The van der Waals surface area contributed by atoms with Crippen LogP contribution < -0.4 is 33.8 Å². The summed E-state index contributed by atoms with van der Waals surface area (Å²) in [4.78, 5) is 71.0. The van der Waals surface area contributed by atoms with Gasteiger partial charge in [0.15, 0.2) is 0 Å². The van der Waals surface area contributed by atoms with E-state index in [-0.39, 0.29) is 0 Å². The van der Waals surface area contributed by atoms with Crippen molar-refractivity contribution in [3.8, 4) is 0 Å². The number of aromatic carboxylic acids is 3. The molecule has 15 nitrogen and oxygen atoms in total. The van der Waals surface area contributed by atoms with Gasteiger partial charge in [-0.05, 0) is 0 Å². The second-order valence-corrected chi connectivity index (χ2v) is 4.59. The van der Waals surface area contributed by atoms with E-state index in [1.807, 2.05) is 0 Å². The van der Waals surface area contributed by atoms with Crippen LogP contribution in [0.5, 0.6) is 0 Å². The Morgan fingerprint density at radius 1 is 0.481 bits per heavy atom. The number of benzene rings is 1. The first kappa shape index (κ1) is 21.0. The van der Waals surface area contributed by atoms with Crippen molar-refractivity contribution in [2.24, 2.45) is 17.5 Å². The van der Waals surface area contributed by atoms with Crippen LogP contribution in [0.15, 0.2) is 0 Å². The Labute approximate surface area is 148 Å². The largest absolute Gasteiger partial charge is 0.478 e. The third-order valence-electron chi connectivity index (χ3n) is 3.22. The van der Waals surface area contributed by atoms with Gasteiger partial charge in [-0.3, -0.25) is 30.7 Å². The second kappa shape index (κ2) is 7.87. The molecule has 0 atom stereocenters. The van der Waals surface area contributed by atoms with Gasteiger partial charge in [0, 0.05) is 0 Å². The van der Waals surface area contributed by atoms with Crippen molar-refractivity contribution in [1.29, 1.82) is 0 Å². The summed E-state index contributed by atoms with van der Waals surface area (Å²) in [5.41, 5.74) is -3.44. The van der Waals surface area contributed by atoms with Crippen molar-refractivity contribution in [3.05, 3.63) is 33.4 Å². The van der Waals surface area contributed by atoms with Crippen LogP contribution in [0.1, 0.15) is 62.1 Å². The molecule has 0 saturated carbocycles. The highest BCUT2D eigenvalue weighted by Crippen LogP contribution is 2.29. The maximum atomic E-state index is 12.1. The predicted molar refractivity (Wildman–Crippen MR) is 82.3 cm³/mol. The van der Waals surface area contributed by atoms with Crippen molar-refractivity contribution in [3.63, 3.8) is 0 Å². The molecule has 0 spiro atoms. The Kier molecular flexibility index (Phi) is 6.11. The van der Waals surface area contributed by atoms with Crippen LogP contribution in [0, 0.1) is 0 Å². The topological polar surface area (TPSA) is 277 Å². The zero-order valence-corrected chi connectivity index (χ0v) is 13.0.